The maximum absolute atomic E-state index is 12.1. The number of hydrogen-bond acceptors (Lipinski definition) is 3. The third-order valence-corrected chi connectivity index (χ3v) is 11.6. The van der Waals surface area contributed by atoms with Crippen LogP contribution < -0.4 is 0 Å². The Bertz CT molecular complexity index is 1110. The molecule has 0 saturated carbocycles. The molecule has 0 bridgehead atoms. The number of aliphatic hydroxyl groups excluding tert-OH is 1. The van der Waals surface area contributed by atoms with Crippen LogP contribution in [0, 0.1) is 0 Å². The molecular formula is C57H98O3. The monoisotopic (exact) mass is 831 g/mol. The molecule has 0 aromatic rings. The maximum Gasteiger partial charge on any atom is 0.116 e. The van der Waals surface area contributed by atoms with Crippen LogP contribution in [-0.4, -0.2) is 33.1 Å². The standard InChI is InChI=1S/C57H98O3/c1-4-7-10-13-16-19-22-25-28-31-34-37-40-43-46-49-52-56(59,53-50-47-44-41-38-35-32-29-26-23-20-17-14-11-8-5-2)57(60,55-58)54-51-48-45-42-39-36-33-30-27-24-21-18-15-12-9-6-3/h16-21,25-30,34-39,58-60H,4-15,22-24,31-33,40-55H2,1-3H3. The molecule has 0 aromatic carbocycles. The van der Waals surface area contributed by atoms with Crippen molar-refractivity contribution in [2.24, 2.45) is 0 Å². The Balaban J connectivity index is 4.81. The van der Waals surface area contributed by atoms with Gasteiger partial charge >= 0.3 is 0 Å². The van der Waals surface area contributed by atoms with Crippen LogP contribution in [-0.2, 0) is 0 Å². The van der Waals surface area contributed by atoms with Crippen molar-refractivity contribution in [2.75, 3.05) is 6.61 Å². The van der Waals surface area contributed by atoms with Crippen LogP contribution in [0.5, 0.6) is 0 Å². The van der Waals surface area contributed by atoms with E-state index < -0.39 is 11.2 Å². The molecule has 344 valence electrons. The van der Waals surface area contributed by atoms with Crippen molar-refractivity contribution in [1.82, 2.24) is 0 Å². The van der Waals surface area contributed by atoms with Crippen LogP contribution in [0.25, 0.3) is 0 Å². The molecule has 0 radical (unpaired) electrons. The Morgan fingerprint density at radius 2 is 0.483 bits per heavy atom. The highest BCUT2D eigenvalue weighted by Gasteiger charge is 2.47. The van der Waals surface area contributed by atoms with Crippen LogP contribution in [0.15, 0.2) is 109 Å². The molecule has 0 saturated heterocycles. The Morgan fingerprint density at radius 1 is 0.267 bits per heavy atom. The van der Waals surface area contributed by atoms with Gasteiger partial charge in [0.25, 0.3) is 0 Å². The number of aliphatic hydroxyl groups is 3. The van der Waals surface area contributed by atoms with Crippen molar-refractivity contribution in [2.45, 2.75) is 244 Å². The summed E-state index contributed by atoms with van der Waals surface area (Å²) < 4.78 is 0. The van der Waals surface area contributed by atoms with Gasteiger partial charge in [0, 0.05) is 0 Å². The van der Waals surface area contributed by atoms with E-state index in [-0.39, 0.29) is 6.61 Å². The van der Waals surface area contributed by atoms with E-state index in [2.05, 4.69) is 130 Å². The molecule has 1 unspecified atom stereocenters. The van der Waals surface area contributed by atoms with Gasteiger partial charge in [-0.05, 0) is 135 Å². The summed E-state index contributed by atoms with van der Waals surface area (Å²) >= 11 is 0. The number of allylic oxidation sites excluding steroid dienone is 18. The molecule has 0 fully saturated rings. The normalized spacial score (nSPS) is 15.1. The summed E-state index contributed by atoms with van der Waals surface area (Å²) in [6.45, 7) is 6.35. The molecule has 0 heterocycles. The zero-order valence-electron chi connectivity index (χ0n) is 39.8. The van der Waals surface area contributed by atoms with E-state index in [9.17, 15) is 15.3 Å². The number of unbranched alkanes of at least 4 members (excludes halogenated alkanes) is 18. The van der Waals surface area contributed by atoms with Crippen LogP contribution in [0.1, 0.15) is 233 Å². The van der Waals surface area contributed by atoms with Gasteiger partial charge in [-0.1, -0.05) is 207 Å². The van der Waals surface area contributed by atoms with Crippen molar-refractivity contribution in [3.05, 3.63) is 109 Å². The first-order valence-corrected chi connectivity index (χ1v) is 25.4. The Kier molecular flexibility index (Phi) is 44.2. The largest absolute Gasteiger partial charge is 0.393 e. The minimum Gasteiger partial charge on any atom is -0.393 e. The first-order chi connectivity index (χ1) is 29.5. The van der Waals surface area contributed by atoms with E-state index in [0.29, 0.717) is 19.3 Å². The molecular weight excluding hydrogens is 733 g/mol. The van der Waals surface area contributed by atoms with Crippen LogP contribution in [0.3, 0.4) is 0 Å². The van der Waals surface area contributed by atoms with Gasteiger partial charge in [-0.25, -0.2) is 0 Å². The quantitative estimate of drug-likeness (QED) is 0.0423. The third-order valence-electron chi connectivity index (χ3n) is 11.6. The van der Waals surface area contributed by atoms with Gasteiger partial charge in [0.05, 0.1) is 12.2 Å². The van der Waals surface area contributed by atoms with E-state index >= 15 is 0 Å². The molecule has 0 amide bonds. The second kappa shape index (κ2) is 46.1. The van der Waals surface area contributed by atoms with Crippen molar-refractivity contribution in [1.29, 1.82) is 0 Å². The smallest absolute Gasteiger partial charge is 0.116 e. The predicted octanol–water partition coefficient (Wildman–Crippen LogP) is 17.4. The second-order valence-electron chi connectivity index (χ2n) is 17.2. The maximum atomic E-state index is 12.1. The van der Waals surface area contributed by atoms with E-state index in [1.54, 1.807) is 0 Å². The zero-order chi connectivity index (χ0) is 43.8. The lowest BCUT2D eigenvalue weighted by molar-refractivity contribution is -0.185. The SMILES string of the molecule is CCCCCC=CCC=CCC=CCCCCCC(O)(CO)C(O)(CCCCCC=CCC=CCC=CCCCCC)CCCCCC=CCC=CCC=CCCCCC. The Hall–Kier alpha value is -2.46. The first-order valence-electron chi connectivity index (χ1n) is 25.4. The molecule has 0 aliphatic rings. The van der Waals surface area contributed by atoms with E-state index in [4.69, 9.17) is 0 Å². The second-order valence-corrected chi connectivity index (χ2v) is 17.2. The van der Waals surface area contributed by atoms with Crippen LogP contribution in [0.4, 0.5) is 0 Å². The first kappa shape index (κ1) is 57.5. The summed E-state index contributed by atoms with van der Waals surface area (Å²) in [4.78, 5) is 0. The molecule has 0 aliphatic carbocycles. The minimum absolute atomic E-state index is 0.389. The fourth-order valence-electron chi connectivity index (χ4n) is 7.49. The highest BCUT2D eigenvalue weighted by Crippen LogP contribution is 2.37. The minimum atomic E-state index is -1.47. The highest BCUT2D eigenvalue weighted by atomic mass is 16.4. The van der Waals surface area contributed by atoms with Crippen molar-refractivity contribution in [3.63, 3.8) is 0 Å². The number of hydrogen-bond donors (Lipinski definition) is 3. The molecule has 3 heteroatoms. The van der Waals surface area contributed by atoms with Gasteiger partial charge in [-0.15, -0.1) is 0 Å². The lowest BCUT2D eigenvalue weighted by Crippen LogP contribution is -2.56. The van der Waals surface area contributed by atoms with Crippen LogP contribution >= 0.6 is 0 Å². The molecule has 60 heavy (non-hydrogen) atoms. The van der Waals surface area contributed by atoms with Gasteiger partial charge in [0.15, 0.2) is 0 Å². The Morgan fingerprint density at radius 3 is 0.717 bits per heavy atom. The van der Waals surface area contributed by atoms with Gasteiger partial charge in [-0.2, -0.15) is 0 Å². The fourth-order valence-corrected chi connectivity index (χ4v) is 7.49. The van der Waals surface area contributed by atoms with Gasteiger partial charge < -0.3 is 15.3 Å². The summed E-state index contributed by atoms with van der Waals surface area (Å²) in [5, 5.41) is 34.5. The van der Waals surface area contributed by atoms with E-state index in [1.807, 2.05) is 0 Å². The van der Waals surface area contributed by atoms with E-state index in [1.165, 1.54) is 77.0 Å². The average Bonchev–Trinajstić information content (AvgIpc) is 3.25. The van der Waals surface area contributed by atoms with Gasteiger partial charge in [0.2, 0.25) is 0 Å². The molecule has 0 rings (SSSR count). The predicted molar refractivity (Wildman–Crippen MR) is 269 cm³/mol. The molecule has 0 aliphatic heterocycles. The molecule has 0 aromatic heterocycles. The molecule has 3 N–H and O–H groups in total. The van der Waals surface area contributed by atoms with E-state index in [0.717, 1.165) is 116 Å². The molecule has 3 nitrogen and oxygen atoms in total. The van der Waals surface area contributed by atoms with Crippen molar-refractivity contribution >= 4 is 0 Å². The highest BCUT2D eigenvalue weighted by molar-refractivity contribution is 5.01. The van der Waals surface area contributed by atoms with Gasteiger partial charge in [0.1, 0.15) is 5.60 Å². The summed E-state index contributed by atoms with van der Waals surface area (Å²) in [6.07, 6.45) is 75.4. The molecule has 0 spiro atoms. The van der Waals surface area contributed by atoms with Crippen LogP contribution in [0.2, 0.25) is 0 Å². The topological polar surface area (TPSA) is 60.7 Å². The average molecular weight is 831 g/mol. The summed E-state index contributed by atoms with van der Waals surface area (Å²) in [7, 11) is 0. The summed E-state index contributed by atoms with van der Waals surface area (Å²) in [6, 6.07) is 0. The lowest BCUT2D eigenvalue weighted by atomic mass is 9.73. The van der Waals surface area contributed by atoms with Crippen molar-refractivity contribution in [3.8, 4) is 0 Å². The van der Waals surface area contributed by atoms with Crippen molar-refractivity contribution < 1.29 is 15.3 Å². The lowest BCUT2D eigenvalue weighted by Gasteiger charge is -2.43. The fraction of sp³-hybridized carbons (Fsp3) is 0.684. The molecule has 1 atom stereocenters. The zero-order valence-corrected chi connectivity index (χ0v) is 39.8. The summed E-state index contributed by atoms with van der Waals surface area (Å²) in [5.74, 6) is 0. The summed E-state index contributed by atoms with van der Waals surface area (Å²) in [5.41, 5.74) is -2.74. The Labute approximate surface area is 373 Å². The number of rotatable bonds is 44. The third kappa shape index (κ3) is 37.3. The van der Waals surface area contributed by atoms with Gasteiger partial charge in [-0.3, -0.25) is 0 Å².